The van der Waals surface area contributed by atoms with Gasteiger partial charge in [-0.15, -0.1) is 0 Å². The zero-order valence-corrected chi connectivity index (χ0v) is 7.47. The van der Waals surface area contributed by atoms with Crippen LogP contribution in [-0.4, -0.2) is 44.3 Å². The summed E-state index contributed by atoms with van der Waals surface area (Å²) in [5.74, 6) is 0. The standard InChI is InChI=1S/C8H18N2O/c1-10(5-6-11-2)7-8(9)3-4-8/h3-7,9H2,1-2H3. The van der Waals surface area contributed by atoms with Gasteiger partial charge in [0.05, 0.1) is 6.61 Å². The van der Waals surface area contributed by atoms with Crippen molar-refractivity contribution in [1.29, 1.82) is 0 Å². The van der Waals surface area contributed by atoms with Gasteiger partial charge in [-0.2, -0.15) is 0 Å². The minimum atomic E-state index is 0.141. The first-order chi connectivity index (χ1) is 5.16. The summed E-state index contributed by atoms with van der Waals surface area (Å²) in [7, 11) is 3.81. The van der Waals surface area contributed by atoms with Gasteiger partial charge in [-0.1, -0.05) is 0 Å². The summed E-state index contributed by atoms with van der Waals surface area (Å²) in [6.45, 7) is 2.79. The summed E-state index contributed by atoms with van der Waals surface area (Å²) >= 11 is 0. The van der Waals surface area contributed by atoms with E-state index >= 15 is 0 Å². The fourth-order valence-electron chi connectivity index (χ4n) is 1.18. The molecule has 0 aromatic heterocycles. The average molecular weight is 158 g/mol. The average Bonchev–Trinajstić information content (AvgIpc) is 2.63. The number of ether oxygens (including phenoxy) is 1. The number of methoxy groups -OCH3 is 1. The third-order valence-corrected chi connectivity index (χ3v) is 2.15. The predicted octanol–water partition coefficient (Wildman–Crippen LogP) is 0.0559. The highest BCUT2D eigenvalue weighted by Gasteiger charge is 2.38. The third-order valence-electron chi connectivity index (χ3n) is 2.15. The van der Waals surface area contributed by atoms with Crippen LogP contribution in [0.1, 0.15) is 12.8 Å². The molecule has 11 heavy (non-hydrogen) atoms. The Bertz CT molecular complexity index is 123. The largest absolute Gasteiger partial charge is 0.383 e. The third kappa shape index (κ3) is 3.18. The highest BCUT2D eigenvalue weighted by atomic mass is 16.5. The molecule has 0 atom stereocenters. The van der Waals surface area contributed by atoms with Gasteiger partial charge in [0, 0.05) is 25.7 Å². The van der Waals surface area contributed by atoms with Gasteiger partial charge in [-0.25, -0.2) is 0 Å². The fourth-order valence-corrected chi connectivity index (χ4v) is 1.18. The van der Waals surface area contributed by atoms with Gasteiger partial charge in [0.2, 0.25) is 0 Å². The Balaban J connectivity index is 2.05. The first-order valence-corrected chi connectivity index (χ1v) is 4.13. The molecule has 0 heterocycles. The van der Waals surface area contributed by atoms with Crippen molar-refractivity contribution < 1.29 is 4.74 Å². The van der Waals surface area contributed by atoms with E-state index in [1.54, 1.807) is 7.11 Å². The lowest BCUT2D eigenvalue weighted by molar-refractivity contribution is 0.157. The summed E-state index contributed by atoms with van der Waals surface area (Å²) in [6, 6.07) is 0. The minimum absolute atomic E-state index is 0.141. The Kier molecular flexibility index (Phi) is 2.87. The van der Waals surface area contributed by atoms with E-state index in [2.05, 4.69) is 11.9 Å². The van der Waals surface area contributed by atoms with E-state index in [1.807, 2.05) is 0 Å². The van der Waals surface area contributed by atoms with Crippen LogP contribution in [0.25, 0.3) is 0 Å². The lowest BCUT2D eigenvalue weighted by atomic mass is 10.3. The molecule has 0 saturated heterocycles. The monoisotopic (exact) mass is 158 g/mol. The summed E-state index contributed by atoms with van der Waals surface area (Å²) in [6.07, 6.45) is 2.37. The lowest BCUT2D eigenvalue weighted by Crippen LogP contribution is -2.38. The van der Waals surface area contributed by atoms with Crippen molar-refractivity contribution in [2.45, 2.75) is 18.4 Å². The summed E-state index contributed by atoms with van der Waals surface area (Å²) in [4.78, 5) is 2.23. The van der Waals surface area contributed by atoms with E-state index in [0.717, 1.165) is 19.7 Å². The Morgan fingerprint density at radius 3 is 2.64 bits per heavy atom. The minimum Gasteiger partial charge on any atom is -0.383 e. The van der Waals surface area contributed by atoms with E-state index in [0.29, 0.717) is 0 Å². The quantitative estimate of drug-likeness (QED) is 0.614. The van der Waals surface area contributed by atoms with Gasteiger partial charge in [0.1, 0.15) is 0 Å². The van der Waals surface area contributed by atoms with Crippen molar-refractivity contribution >= 4 is 0 Å². The molecule has 1 fully saturated rings. The van der Waals surface area contributed by atoms with Crippen molar-refractivity contribution in [3.63, 3.8) is 0 Å². The molecule has 2 N–H and O–H groups in total. The molecular weight excluding hydrogens is 140 g/mol. The second-order valence-electron chi connectivity index (χ2n) is 3.59. The maximum Gasteiger partial charge on any atom is 0.0589 e. The van der Waals surface area contributed by atoms with Crippen LogP contribution in [0.15, 0.2) is 0 Å². The molecule has 3 heteroatoms. The Morgan fingerprint density at radius 1 is 1.55 bits per heavy atom. The second kappa shape index (κ2) is 3.52. The van der Waals surface area contributed by atoms with E-state index < -0.39 is 0 Å². The molecule has 1 aliphatic rings. The number of nitrogens with two attached hydrogens (primary N) is 1. The van der Waals surface area contributed by atoms with Crippen LogP contribution in [0.5, 0.6) is 0 Å². The van der Waals surface area contributed by atoms with Gasteiger partial charge in [0.15, 0.2) is 0 Å². The molecule has 0 bridgehead atoms. The molecular formula is C8H18N2O. The van der Waals surface area contributed by atoms with E-state index in [-0.39, 0.29) is 5.54 Å². The zero-order chi connectivity index (χ0) is 8.32. The van der Waals surface area contributed by atoms with Crippen LogP contribution >= 0.6 is 0 Å². The van der Waals surface area contributed by atoms with Crippen LogP contribution in [0, 0.1) is 0 Å². The first-order valence-electron chi connectivity index (χ1n) is 4.13. The SMILES string of the molecule is COCCN(C)CC1(N)CC1. The number of hydrogen-bond donors (Lipinski definition) is 1. The van der Waals surface area contributed by atoms with Crippen LogP contribution in [0.4, 0.5) is 0 Å². The van der Waals surface area contributed by atoms with Crippen molar-refractivity contribution in [3.8, 4) is 0 Å². The van der Waals surface area contributed by atoms with Gasteiger partial charge in [-0.3, -0.25) is 0 Å². The van der Waals surface area contributed by atoms with Crippen LogP contribution in [-0.2, 0) is 4.74 Å². The summed E-state index contributed by atoms with van der Waals surface area (Å²) in [5.41, 5.74) is 6.08. The van der Waals surface area contributed by atoms with E-state index in [1.165, 1.54) is 12.8 Å². The number of rotatable bonds is 5. The Labute approximate surface area is 68.5 Å². The number of hydrogen-bond acceptors (Lipinski definition) is 3. The number of likely N-dealkylation sites (N-methyl/N-ethyl adjacent to an activating group) is 1. The highest BCUT2D eigenvalue weighted by molar-refractivity contribution is 5.00. The lowest BCUT2D eigenvalue weighted by Gasteiger charge is -2.19. The predicted molar refractivity (Wildman–Crippen MR) is 45.5 cm³/mol. The zero-order valence-electron chi connectivity index (χ0n) is 7.47. The molecule has 0 aromatic carbocycles. The van der Waals surface area contributed by atoms with E-state index in [4.69, 9.17) is 10.5 Å². The molecule has 0 unspecified atom stereocenters. The maximum atomic E-state index is 5.94. The van der Waals surface area contributed by atoms with Gasteiger partial charge >= 0.3 is 0 Å². The van der Waals surface area contributed by atoms with Gasteiger partial charge in [-0.05, 0) is 19.9 Å². The normalized spacial score (nSPS) is 20.7. The smallest absolute Gasteiger partial charge is 0.0589 e. The molecule has 0 aromatic rings. The van der Waals surface area contributed by atoms with Crippen LogP contribution in [0.2, 0.25) is 0 Å². The Hall–Kier alpha value is -0.120. The first kappa shape index (κ1) is 8.97. The van der Waals surface area contributed by atoms with Gasteiger partial charge < -0.3 is 15.4 Å². The molecule has 0 amide bonds. The number of nitrogens with zero attached hydrogens (tertiary/aromatic N) is 1. The fraction of sp³-hybridized carbons (Fsp3) is 1.00. The highest BCUT2D eigenvalue weighted by Crippen LogP contribution is 2.32. The van der Waals surface area contributed by atoms with Gasteiger partial charge in [0.25, 0.3) is 0 Å². The molecule has 3 nitrogen and oxygen atoms in total. The maximum absolute atomic E-state index is 5.94. The molecule has 66 valence electrons. The van der Waals surface area contributed by atoms with Crippen molar-refractivity contribution in [1.82, 2.24) is 4.90 Å². The van der Waals surface area contributed by atoms with Crippen molar-refractivity contribution in [2.24, 2.45) is 5.73 Å². The molecule has 0 aliphatic heterocycles. The topological polar surface area (TPSA) is 38.5 Å². The molecule has 1 saturated carbocycles. The second-order valence-corrected chi connectivity index (χ2v) is 3.59. The van der Waals surface area contributed by atoms with Crippen molar-refractivity contribution in [3.05, 3.63) is 0 Å². The van der Waals surface area contributed by atoms with Crippen molar-refractivity contribution in [2.75, 3.05) is 33.9 Å². The Morgan fingerprint density at radius 2 is 2.18 bits per heavy atom. The molecule has 0 spiro atoms. The molecule has 0 radical (unpaired) electrons. The van der Waals surface area contributed by atoms with E-state index in [9.17, 15) is 0 Å². The molecule has 1 aliphatic carbocycles. The molecule has 1 rings (SSSR count). The van der Waals surface area contributed by atoms with Crippen LogP contribution in [0.3, 0.4) is 0 Å². The van der Waals surface area contributed by atoms with Crippen LogP contribution < -0.4 is 5.73 Å². The summed E-state index contributed by atoms with van der Waals surface area (Å²) < 4.78 is 4.96. The summed E-state index contributed by atoms with van der Waals surface area (Å²) in [5, 5.41) is 0.